The summed E-state index contributed by atoms with van der Waals surface area (Å²) in [6.07, 6.45) is 0. The highest BCUT2D eigenvalue weighted by molar-refractivity contribution is 6.44. The van der Waals surface area contributed by atoms with E-state index in [2.05, 4.69) is 113 Å². The van der Waals surface area contributed by atoms with Gasteiger partial charge in [-0.05, 0) is 51.7 Å². The van der Waals surface area contributed by atoms with Crippen LogP contribution in [-0.2, 0) is 21.7 Å². The molecule has 0 amide bonds. The lowest BCUT2D eigenvalue weighted by molar-refractivity contribution is 0.380. The monoisotopic (exact) mass is 512 g/mol. The Morgan fingerprint density at radius 3 is 0.861 bits per heavy atom. The second kappa shape index (κ2) is 10.5. The number of rotatable bonds is 6. The molecule has 5 heteroatoms. The van der Waals surface area contributed by atoms with Crippen LogP contribution in [0.15, 0.2) is 24.3 Å². The van der Waals surface area contributed by atoms with Crippen LogP contribution in [0.2, 0.25) is 5.79 Å². The van der Waals surface area contributed by atoms with E-state index in [0.29, 0.717) is 0 Å². The molecule has 2 rings (SSSR count). The molecule has 4 nitrogen and oxygen atoms in total. The predicted octanol–water partition coefficient (Wildman–Crippen LogP) is 8.47. The predicted molar refractivity (Wildman–Crippen MR) is 154 cm³/mol. The summed E-state index contributed by atoms with van der Waals surface area (Å²) >= 11 is -2.19. The number of hydrogen-bond donors (Lipinski definition) is 0. The van der Waals surface area contributed by atoms with Crippen LogP contribution < -0.4 is 17.1 Å². The third-order valence-corrected chi connectivity index (χ3v) is 7.53. The second-order valence-electron chi connectivity index (χ2n) is 13.9. The second-order valence-corrected chi connectivity index (χ2v) is 15.5. The van der Waals surface area contributed by atoms with Gasteiger partial charge in [0.1, 0.15) is 11.5 Å². The summed E-state index contributed by atoms with van der Waals surface area (Å²) in [4.78, 5) is 0. The average Bonchev–Trinajstić information content (AvgIpc) is 2.70. The van der Waals surface area contributed by atoms with Gasteiger partial charge in [-0.2, -0.15) is 0 Å². The number of ether oxygens (including phenoxy) is 2. The zero-order valence-corrected chi connectivity index (χ0v) is 26.7. The van der Waals surface area contributed by atoms with Crippen molar-refractivity contribution in [2.45, 2.75) is 111 Å². The lowest BCUT2D eigenvalue weighted by Crippen LogP contribution is -2.32. The normalized spacial score (nSPS) is 12.9. The molecule has 2 aromatic carbocycles. The van der Waals surface area contributed by atoms with E-state index in [9.17, 15) is 0 Å². The lowest BCUT2D eigenvalue weighted by atomic mass is 9.79. The highest BCUT2D eigenvalue weighted by atomic mass is 27.2. The molecule has 0 unspecified atom stereocenters. The number of benzene rings is 2. The molecule has 0 aliphatic heterocycles. The zero-order chi connectivity index (χ0) is 27.9. The Hall–Kier alpha value is -1.83. The Labute approximate surface area is 225 Å². The number of hydrogen-bond acceptors (Lipinski definition) is 4. The van der Waals surface area contributed by atoms with Crippen molar-refractivity contribution in [2.24, 2.45) is 0 Å². The molecule has 0 saturated carbocycles. The van der Waals surface area contributed by atoms with Crippen molar-refractivity contribution < 1.29 is 17.1 Å². The maximum atomic E-state index is 6.85. The standard InChI is InChI=1S/2C15H24O2.CH3.Al/c2*1-14(2,3)11-8-10(17-7)9-12(13(11)16)15(4,5)6;;/h2*8-9,16H,1-7H3;1H3;/q;;;+2/p-2. The molecule has 0 spiro atoms. The maximum Gasteiger partial charge on any atom is 0.853 e. The molecular formula is C31H49AlO4. The van der Waals surface area contributed by atoms with Gasteiger partial charge in [-0.3, -0.25) is 0 Å². The molecule has 0 radical (unpaired) electrons. The summed E-state index contributed by atoms with van der Waals surface area (Å²) in [5.41, 5.74) is 4.06. The molecule has 0 heterocycles. The maximum absolute atomic E-state index is 6.85. The van der Waals surface area contributed by atoms with Gasteiger partial charge in [0.05, 0.1) is 25.7 Å². The Balaban J connectivity index is 2.69. The van der Waals surface area contributed by atoms with Crippen molar-refractivity contribution in [3.63, 3.8) is 0 Å². The Bertz CT molecular complexity index is 904. The fourth-order valence-corrected chi connectivity index (χ4v) is 5.50. The smallest absolute Gasteiger partial charge is 0.611 e. The highest BCUT2D eigenvalue weighted by Crippen LogP contribution is 2.45. The fourth-order valence-electron chi connectivity index (χ4n) is 4.28. The van der Waals surface area contributed by atoms with E-state index in [-0.39, 0.29) is 21.7 Å². The van der Waals surface area contributed by atoms with Crippen LogP contribution in [0.5, 0.6) is 23.0 Å². The van der Waals surface area contributed by atoms with Crippen LogP contribution in [0.1, 0.15) is 105 Å². The molecule has 200 valence electrons. The Morgan fingerprint density at radius 2 is 0.694 bits per heavy atom. The van der Waals surface area contributed by atoms with Crippen molar-refractivity contribution >= 4 is 14.8 Å². The van der Waals surface area contributed by atoms with Gasteiger partial charge in [-0.1, -0.05) is 83.1 Å². The topological polar surface area (TPSA) is 36.9 Å². The van der Waals surface area contributed by atoms with Crippen LogP contribution in [0.3, 0.4) is 0 Å². The van der Waals surface area contributed by atoms with Gasteiger partial charge in [0.2, 0.25) is 0 Å². The first-order chi connectivity index (χ1) is 16.2. The first kappa shape index (κ1) is 30.4. The SMILES string of the molecule is COc1cc(C(C)(C)C)c([O][Al]([CH3])[O]c2c(C(C)(C)C)cc(OC)cc2C(C)(C)C)c(C(C)(C)C)c1. The minimum atomic E-state index is -2.19. The van der Waals surface area contributed by atoms with Crippen molar-refractivity contribution in [3.8, 4) is 23.0 Å². The molecule has 0 aliphatic carbocycles. The van der Waals surface area contributed by atoms with Gasteiger partial charge in [0, 0.05) is 22.3 Å². The summed E-state index contributed by atoms with van der Waals surface area (Å²) in [6.45, 7) is 26.6. The van der Waals surface area contributed by atoms with Gasteiger partial charge >= 0.3 is 14.8 Å². The number of methoxy groups -OCH3 is 2. The average molecular weight is 513 g/mol. The Morgan fingerprint density at radius 1 is 0.472 bits per heavy atom. The van der Waals surface area contributed by atoms with Gasteiger partial charge in [-0.15, -0.1) is 0 Å². The minimum Gasteiger partial charge on any atom is -0.611 e. The van der Waals surface area contributed by atoms with E-state index < -0.39 is 14.8 Å². The molecule has 2 aromatic rings. The molecule has 0 N–H and O–H groups in total. The fraction of sp³-hybridized carbons (Fsp3) is 0.613. The van der Waals surface area contributed by atoms with Gasteiger partial charge in [-0.25, -0.2) is 0 Å². The molecule has 0 bridgehead atoms. The molecule has 36 heavy (non-hydrogen) atoms. The molecule has 0 fully saturated rings. The van der Waals surface area contributed by atoms with E-state index >= 15 is 0 Å². The zero-order valence-electron chi connectivity index (χ0n) is 25.5. The van der Waals surface area contributed by atoms with E-state index in [0.717, 1.165) is 45.3 Å². The highest BCUT2D eigenvalue weighted by Gasteiger charge is 2.36. The molecular weight excluding hydrogens is 463 g/mol. The van der Waals surface area contributed by atoms with E-state index in [1.165, 1.54) is 0 Å². The van der Waals surface area contributed by atoms with E-state index in [4.69, 9.17) is 17.1 Å². The minimum absolute atomic E-state index is 0.120. The molecule has 0 saturated heterocycles. The van der Waals surface area contributed by atoms with Gasteiger partial charge in [0.15, 0.2) is 0 Å². The van der Waals surface area contributed by atoms with Crippen LogP contribution in [-0.4, -0.2) is 29.0 Å². The van der Waals surface area contributed by atoms with Gasteiger partial charge < -0.3 is 17.1 Å². The molecule has 0 atom stereocenters. The van der Waals surface area contributed by atoms with Crippen molar-refractivity contribution in [3.05, 3.63) is 46.5 Å². The molecule has 0 aliphatic rings. The summed E-state index contributed by atoms with van der Waals surface area (Å²) in [6, 6.07) is 8.45. The van der Waals surface area contributed by atoms with E-state index in [1.54, 1.807) is 14.2 Å². The van der Waals surface area contributed by atoms with Crippen LogP contribution in [0.4, 0.5) is 0 Å². The summed E-state index contributed by atoms with van der Waals surface area (Å²) < 4.78 is 25.1. The summed E-state index contributed by atoms with van der Waals surface area (Å²) in [7, 11) is 3.45. The van der Waals surface area contributed by atoms with Crippen molar-refractivity contribution in [2.75, 3.05) is 14.2 Å². The first-order valence-electron chi connectivity index (χ1n) is 13.0. The third-order valence-electron chi connectivity index (χ3n) is 6.40. The quantitative estimate of drug-likeness (QED) is 0.364. The van der Waals surface area contributed by atoms with E-state index in [1.807, 2.05) is 0 Å². The summed E-state index contributed by atoms with van der Waals surface area (Å²) in [5.74, 6) is 5.68. The van der Waals surface area contributed by atoms with Crippen molar-refractivity contribution in [1.82, 2.24) is 0 Å². The largest absolute Gasteiger partial charge is 0.853 e. The third kappa shape index (κ3) is 7.14. The first-order valence-corrected chi connectivity index (χ1v) is 15.1. The summed E-state index contributed by atoms with van der Waals surface area (Å²) in [5, 5.41) is 0. The van der Waals surface area contributed by atoms with Crippen LogP contribution in [0.25, 0.3) is 0 Å². The van der Waals surface area contributed by atoms with Crippen LogP contribution >= 0.6 is 0 Å². The Kier molecular flexibility index (Phi) is 8.87. The van der Waals surface area contributed by atoms with Crippen LogP contribution in [0, 0.1) is 0 Å². The molecule has 0 aromatic heterocycles. The lowest BCUT2D eigenvalue weighted by Gasteiger charge is -2.34. The van der Waals surface area contributed by atoms with Gasteiger partial charge in [0.25, 0.3) is 0 Å². The van der Waals surface area contributed by atoms with Crippen molar-refractivity contribution in [1.29, 1.82) is 0 Å².